The zero-order valence-corrected chi connectivity index (χ0v) is 11.9. The minimum absolute atomic E-state index is 0.717. The molecule has 3 aromatic rings. The lowest BCUT2D eigenvalue weighted by molar-refractivity contribution is 0.220. The number of aliphatic hydroxyl groups excluding tert-OH is 1. The number of ether oxygens (including phenoxy) is 2. The largest absolute Gasteiger partial charge is 0.497 e. The summed E-state index contributed by atoms with van der Waals surface area (Å²) in [7, 11) is 3.22. The predicted molar refractivity (Wildman–Crippen MR) is 79.8 cm³/mol. The highest BCUT2D eigenvalue weighted by Crippen LogP contribution is 2.33. The van der Waals surface area contributed by atoms with Crippen molar-refractivity contribution in [1.82, 2.24) is 0 Å². The molecular weight excluding hydrogens is 268 g/mol. The van der Waals surface area contributed by atoms with Crippen molar-refractivity contribution in [1.29, 1.82) is 0 Å². The molecule has 0 saturated heterocycles. The summed E-state index contributed by atoms with van der Waals surface area (Å²) in [5.74, 6) is 1.48. The average Bonchev–Trinajstić information content (AvgIpc) is 2.97. The van der Waals surface area contributed by atoms with Gasteiger partial charge in [0.15, 0.2) is 0 Å². The summed E-state index contributed by atoms with van der Waals surface area (Å²) in [4.78, 5) is 0. The first-order valence-electron chi connectivity index (χ1n) is 6.60. The Labute approximate surface area is 122 Å². The van der Waals surface area contributed by atoms with Crippen LogP contribution in [0, 0.1) is 0 Å². The topological polar surface area (TPSA) is 51.8 Å². The Balaban J connectivity index is 2.01. The van der Waals surface area contributed by atoms with E-state index in [0.717, 1.165) is 28.0 Å². The highest BCUT2D eigenvalue weighted by atomic mass is 16.5. The molecule has 4 nitrogen and oxygen atoms in total. The van der Waals surface area contributed by atoms with Gasteiger partial charge in [0.05, 0.1) is 20.5 Å². The first kappa shape index (κ1) is 13.5. The standard InChI is InChI=1S/C17H16O4/c1-19-12-5-3-11(4-6-12)17(18)15-10-21-16-8-7-13(20-2)9-14(15)16/h3-10,17-18H,1-2H3. The summed E-state index contributed by atoms with van der Waals surface area (Å²) in [6.07, 6.45) is 0.822. The van der Waals surface area contributed by atoms with E-state index in [-0.39, 0.29) is 0 Å². The van der Waals surface area contributed by atoms with Gasteiger partial charge in [0, 0.05) is 10.9 Å². The fourth-order valence-corrected chi connectivity index (χ4v) is 2.33. The van der Waals surface area contributed by atoms with E-state index < -0.39 is 6.10 Å². The fourth-order valence-electron chi connectivity index (χ4n) is 2.33. The lowest BCUT2D eigenvalue weighted by Crippen LogP contribution is -1.98. The second-order valence-corrected chi connectivity index (χ2v) is 4.73. The molecule has 0 aliphatic rings. The van der Waals surface area contributed by atoms with E-state index >= 15 is 0 Å². The Morgan fingerprint density at radius 1 is 0.952 bits per heavy atom. The van der Waals surface area contributed by atoms with Gasteiger partial charge in [-0.3, -0.25) is 0 Å². The molecule has 1 aromatic heterocycles. The highest BCUT2D eigenvalue weighted by Gasteiger charge is 2.17. The second-order valence-electron chi connectivity index (χ2n) is 4.73. The number of fused-ring (bicyclic) bond motifs is 1. The third-order valence-electron chi connectivity index (χ3n) is 3.54. The average molecular weight is 284 g/mol. The van der Waals surface area contributed by atoms with Gasteiger partial charge < -0.3 is 19.0 Å². The maximum absolute atomic E-state index is 10.6. The monoisotopic (exact) mass is 284 g/mol. The van der Waals surface area contributed by atoms with Gasteiger partial charge in [-0.25, -0.2) is 0 Å². The van der Waals surface area contributed by atoms with Crippen LogP contribution in [0.1, 0.15) is 17.2 Å². The molecular formula is C17H16O4. The summed E-state index contributed by atoms with van der Waals surface area (Å²) < 4.78 is 15.8. The number of hydrogen-bond donors (Lipinski definition) is 1. The van der Waals surface area contributed by atoms with Crippen LogP contribution in [0.15, 0.2) is 53.1 Å². The quantitative estimate of drug-likeness (QED) is 0.796. The van der Waals surface area contributed by atoms with Gasteiger partial charge in [-0.2, -0.15) is 0 Å². The molecule has 0 spiro atoms. The van der Waals surface area contributed by atoms with Crippen LogP contribution in [-0.2, 0) is 0 Å². The zero-order valence-electron chi connectivity index (χ0n) is 11.9. The summed E-state index contributed by atoms with van der Waals surface area (Å²) in [6.45, 7) is 0. The summed E-state index contributed by atoms with van der Waals surface area (Å²) in [6, 6.07) is 12.8. The van der Waals surface area contributed by atoms with Crippen molar-refractivity contribution in [2.24, 2.45) is 0 Å². The van der Waals surface area contributed by atoms with Crippen LogP contribution in [-0.4, -0.2) is 19.3 Å². The van der Waals surface area contributed by atoms with E-state index in [4.69, 9.17) is 13.9 Å². The number of benzene rings is 2. The molecule has 1 N–H and O–H groups in total. The Morgan fingerprint density at radius 3 is 2.29 bits per heavy atom. The molecule has 0 radical (unpaired) electrons. The summed E-state index contributed by atoms with van der Waals surface area (Å²) in [5.41, 5.74) is 2.22. The van der Waals surface area contributed by atoms with E-state index in [1.54, 1.807) is 20.5 Å². The van der Waals surface area contributed by atoms with Gasteiger partial charge in [-0.05, 0) is 35.9 Å². The van der Waals surface area contributed by atoms with E-state index in [1.165, 1.54) is 0 Å². The normalized spacial score (nSPS) is 12.3. The first-order valence-corrected chi connectivity index (χ1v) is 6.60. The molecule has 0 saturated carbocycles. The molecule has 0 aliphatic heterocycles. The van der Waals surface area contributed by atoms with Crippen molar-refractivity contribution in [3.8, 4) is 11.5 Å². The van der Waals surface area contributed by atoms with Gasteiger partial charge in [0.25, 0.3) is 0 Å². The van der Waals surface area contributed by atoms with Crippen LogP contribution in [0.3, 0.4) is 0 Å². The number of furan rings is 1. The lowest BCUT2D eigenvalue weighted by atomic mass is 10.0. The summed E-state index contributed by atoms with van der Waals surface area (Å²) in [5, 5.41) is 11.4. The number of aliphatic hydroxyl groups is 1. The van der Waals surface area contributed by atoms with Gasteiger partial charge in [0.2, 0.25) is 0 Å². The zero-order chi connectivity index (χ0) is 14.8. The van der Waals surface area contributed by atoms with Crippen molar-refractivity contribution in [3.63, 3.8) is 0 Å². The highest BCUT2D eigenvalue weighted by molar-refractivity contribution is 5.83. The van der Waals surface area contributed by atoms with E-state index in [1.807, 2.05) is 42.5 Å². The van der Waals surface area contributed by atoms with Crippen molar-refractivity contribution < 1.29 is 19.0 Å². The van der Waals surface area contributed by atoms with Crippen molar-refractivity contribution in [2.45, 2.75) is 6.10 Å². The molecule has 1 heterocycles. The molecule has 0 amide bonds. The van der Waals surface area contributed by atoms with Crippen molar-refractivity contribution >= 4 is 11.0 Å². The molecule has 4 heteroatoms. The van der Waals surface area contributed by atoms with Crippen LogP contribution in [0.2, 0.25) is 0 Å². The predicted octanol–water partition coefficient (Wildman–Crippen LogP) is 3.53. The first-order chi connectivity index (χ1) is 10.2. The molecule has 3 rings (SSSR count). The minimum Gasteiger partial charge on any atom is -0.497 e. The fraction of sp³-hybridized carbons (Fsp3) is 0.176. The maximum atomic E-state index is 10.6. The molecule has 0 bridgehead atoms. The Bertz CT molecular complexity index is 743. The van der Waals surface area contributed by atoms with Gasteiger partial charge in [-0.15, -0.1) is 0 Å². The molecule has 1 atom stereocenters. The molecule has 21 heavy (non-hydrogen) atoms. The smallest absolute Gasteiger partial charge is 0.134 e. The summed E-state index contributed by atoms with van der Waals surface area (Å²) >= 11 is 0. The lowest BCUT2D eigenvalue weighted by Gasteiger charge is -2.10. The van der Waals surface area contributed by atoms with Crippen LogP contribution >= 0.6 is 0 Å². The van der Waals surface area contributed by atoms with E-state index in [2.05, 4.69) is 0 Å². The number of methoxy groups -OCH3 is 2. The molecule has 108 valence electrons. The Kier molecular flexibility index (Phi) is 3.54. The Hall–Kier alpha value is -2.46. The Morgan fingerprint density at radius 2 is 1.62 bits per heavy atom. The molecule has 1 unspecified atom stereocenters. The van der Waals surface area contributed by atoms with Crippen molar-refractivity contribution in [3.05, 3.63) is 59.9 Å². The molecule has 0 fully saturated rings. The third kappa shape index (κ3) is 2.45. The van der Waals surface area contributed by atoms with E-state index in [9.17, 15) is 5.11 Å². The van der Waals surface area contributed by atoms with Crippen LogP contribution in [0.4, 0.5) is 0 Å². The van der Waals surface area contributed by atoms with Gasteiger partial charge >= 0.3 is 0 Å². The van der Waals surface area contributed by atoms with Crippen LogP contribution in [0.5, 0.6) is 11.5 Å². The number of rotatable bonds is 4. The van der Waals surface area contributed by atoms with Crippen LogP contribution in [0.25, 0.3) is 11.0 Å². The van der Waals surface area contributed by atoms with Crippen molar-refractivity contribution in [2.75, 3.05) is 14.2 Å². The molecule has 0 aliphatic carbocycles. The second kappa shape index (κ2) is 5.50. The number of hydrogen-bond acceptors (Lipinski definition) is 4. The minimum atomic E-state index is -0.760. The SMILES string of the molecule is COc1ccc(C(O)c2coc3ccc(OC)cc23)cc1. The van der Waals surface area contributed by atoms with Gasteiger partial charge in [-0.1, -0.05) is 12.1 Å². The molecule has 2 aromatic carbocycles. The van der Waals surface area contributed by atoms with E-state index in [0.29, 0.717) is 5.56 Å². The van der Waals surface area contributed by atoms with Crippen LogP contribution < -0.4 is 9.47 Å². The van der Waals surface area contributed by atoms with Gasteiger partial charge in [0.1, 0.15) is 23.2 Å². The third-order valence-corrected chi connectivity index (χ3v) is 3.54. The maximum Gasteiger partial charge on any atom is 0.134 e.